The molecule has 0 saturated carbocycles. The molecule has 1 saturated heterocycles. The summed E-state index contributed by atoms with van der Waals surface area (Å²) in [5, 5.41) is 8.93. The number of aromatic nitrogens is 3. The lowest BCUT2D eigenvalue weighted by Crippen LogP contribution is -2.45. The zero-order valence-electron chi connectivity index (χ0n) is 19.6. The number of amides is 2. The number of nitrogens with zero attached hydrogens (tertiary/aromatic N) is 3. The van der Waals surface area contributed by atoms with Crippen molar-refractivity contribution < 1.29 is 14.3 Å². The minimum Gasteiger partial charge on any atom is -0.457 e. The number of fused-ring (bicyclic) bond motifs is 1. The van der Waals surface area contributed by atoms with Crippen molar-refractivity contribution in [3.8, 4) is 11.5 Å². The quantitative estimate of drug-likeness (QED) is 0.323. The first-order chi connectivity index (χ1) is 17.5. The molecule has 2 amide bonds. The van der Waals surface area contributed by atoms with Crippen molar-refractivity contribution >= 4 is 50.4 Å². The van der Waals surface area contributed by atoms with E-state index in [1.165, 1.54) is 6.20 Å². The molecule has 10 heteroatoms. The largest absolute Gasteiger partial charge is 0.457 e. The number of rotatable bonds is 6. The maximum atomic E-state index is 12.7. The number of anilines is 2. The van der Waals surface area contributed by atoms with Gasteiger partial charge in [-0.25, -0.2) is 4.98 Å². The van der Waals surface area contributed by atoms with Crippen LogP contribution in [0, 0.1) is 0 Å². The summed E-state index contributed by atoms with van der Waals surface area (Å²) in [4.78, 5) is 33.7. The van der Waals surface area contributed by atoms with E-state index in [0.717, 1.165) is 34.0 Å². The minimum absolute atomic E-state index is 0.161. The first kappa shape index (κ1) is 23.8. The van der Waals surface area contributed by atoms with Gasteiger partial charge in [0.2, 0.25) is 11.9 Å². The molecular weight excluding hydrogens is 524 g/mol. The van der Waals surface area contributed by atoms with E-state index >= 15 is 0 Å². The third-order valence-corrected chi connectivity index (χ3v) is 6.52. The summed E-state index contributed by atoms with van der Waals surface area (Å²) in [5.41, 5.74) is 2.82. The Morgan fingerprint density at radius 2 is 1.92 bits per heavy atom. The number of pyridine rings is 1. The molecule has 184 valence electrons. The zero-order valence-corrected chi connectivity index (χ0v) is 21.2. The highest BCUT2D eigenvalue weighted by Crippen LogP contribution is 2.28. The molecule has 9 nitrogen and oxygen atoms in total. The van der Waals surface area contributed by atoms with E-state index < -0.39 is 11.9 Å². The van der Waals surface area contributed by atoms with Gasteiger partial charge in [0.15, 0.2) is 0 Å². The van der Waals surface area contributed by atoms with Crippen LogP contribution in [0.3, 0.4) is 0 Å². The Morgan fingerprint density at radius 3 is 2.75 bits per heavy atom. The fourth-order valence-electron chi connectivity index (χ4n) is 4.06. The van der Waals surface area contributed by atoms with E-state index in [2.05, 4.69) is 36.9 Å². The van der Waals surface area contributed by atoms with Crippen LogP contribution in [0.15, 0.2) is 65.3 Å². The molecule has 2 aromatic carbocycles. The Labute approximate surface area is 216 Å². The fraction of sp³-hybridized carbons (Fsp3) is 0.231. The summed E-state index contributed by atoms with van der Waals surface area (Å²) >= 11 is 3.44. The van der Waals surface area contributed by atoms with Gasteiger partial charge in [0, 0.05) is 42.1 Å². The molecule has 1 aliphatic heterocycles. The summed E-state index contributed by atoms with van der Waals surface area (Å²) in [6.07, 6.45) is 3.90. The third kappa shape index (κ3) is 5.33. The Bertz CT molecular complexity index is 1420. The lowest BCUT2D eigenvalue weighted by atomic mass is 10.1. The number of carbonyl (C=O) groups excluding carboxylic acids is 2. The van der Waals surface area contributed by atoms with Gasteiger partial charge in [0.1, 0.15) is 23.2 Å². The molecule has 36 heavy (non-hydrogen) atoms. The monoisotopic (exact) mass is 548 g/mol. The fourth-order valence-corrected chi connectivity index (χ4v) is 4.33. The number of aryl methyl sites for hydroxylation is 1. The van der Waals surface area contributed by atoms with Gasteiger partial charge >= 0.3 is 0 Å². The van der Waals surface area contributed by atoms with Gasteiger partial charge in [0.05, 0.1) is 11.0 Å². The summed E-state index contributed by atoms with van der Waals surface area (Å²) in [6.45, 7) is 0.634. The highest BCUT2D eigenvalue weighted by molar-refractivity contribution is 9.10. The van der Waals surface area contributed by atoms with Gasteiger partial charge in [-0.2, -0.15) is 0 Å². The van der Waals surface area contributed by atoms with Crippen LogP contribution in [0.5, 0.6) is 11.5 Å². The van der Waals surface area contributed by atoms with Crippen LogP contribution in [-0.4, -0.2) is 38.9 Å². The summed E-state index contributed by atoms with van der Waals surface area (Å²) in [6, 6.07) is 16.2. The Kier molecular flexibility index (Phi) is 6.86. The second-order valence-corrected chi connectivity index (χ2v) is 9.48. The van der Waals surface area contributed by atoms with Crippen LogP contribution in [-0.2, 0) is 11.8 Å². The number of carbonyl (C=O) groups is 2. The average molecular weight is 549 g/mol. The number of ether oxygens (including phenoxy) is 1. The van der Waals surface area contributed by atoms with Crippen LogP contribution in [0.2, 0.25) is 0 Å². The number of benzene rings is 2. The molecule has 3 heterocycles. The lowest BCUT2D eigenvalue weighted by Gasteiger charge is -2.15. The van der Waals surface area contributed by atoms with Crippen molar-refractivity contribution in [2.75, 3.05) is 11.9 Å². The minimum atomic E-state index is -0.557. The second kappa shape index (κ2) is 10.4. The predicted molar refractivity (Wildman–Crippen MR) is 141 cm³/mol. The standard InChI is InChI=1S/C26H25BrN6O3/c1-33-23-10-9-18(14-21(23)32-26(33)30-17-7-5-16(27)6-8-17)36-19-11-13-28-22(15-19)25(35)31-20-4-2-3-12-29-24(20)34/h5-11,13-15,20H,2-4,12H2,1H3,(H,29,34)(H,30,32)(H,31,35). The number of nitrogens with one attached hydrogen (secondary N) is 3. The molecule has 2 aromatic heterocycles. The molecule has 0 bridgehead atoms. The van der Waals surface area contributed by atoms with Crippen molar-refractivity contribution in [2.24, 2.45) is 7.05 Å². The van der Waals surface area contributed by atoms with Gasteiger partial charge in [-0.15, -0.1) is 0 Å². The van der Waals surface area contributed by atoms with Gasteiger partial charge in [-0.05, 0) is 61.7 Å². The zero-order chi connectivity index (χ0) is 25.1. The summed E-state index contributed by atoms with van der Waals surface area (Å²) in [7, 11) is 1.94. The molecule has 0 radical (unpaired) electrons. The van der Waals surface area contributed by atoms with Crippen molar-refractivity contribution in [3.63, 3.8) is 0 Å². The van der Waals surface area contributed by atoms with E-state index in [1.54, 1.807) is 12.1 Å². The van der Waals surface area contributed by atoms with Crippen LogP contribution in [0.1, 0.15) is 29.8 Å². The van der Waals surface area contributed by atoms with Crippen LogP contribution in [0.4, 0.5) is 11.6 Å². The van der Waals surface area contributed by atoms with Crippen molar-refractivity contribution in [2.45, 2.75) is 25.3 Å². The number of hydrogen-bond donors (Lipinski definition) is 3. The molecule has 0 aliphatic carbocycles. The smallest absolute Gasteiger partial charge is 0.270 e. The highest BCUT2D eigenvalue weighted by Gasteiger charge is 2.23. The van der Waals surface area contributed by atoms with Crippen molar-refractivity contribution in [3.05, 3.63) is 71.0 Å². The second-order valence-electron chi connectivity index (χ2n) is 8.57. The lowest BCUT2D eigenvalue weighted by molar-refractivity contribution is -0.122. The first-order valence-electron chi connectivity index (χ1n) is 11.7. The molecule has 1 atom stereocenters. The molecule has 3 N–H and O–H groups in total. The number of imidazole rings is 1. The molecule has 0 spiro atoms. The molecule has 4 aromatic rings. The average Bonchev–Trinajstić information content (AvgIpc) is 3.03. The molecule has 1 unspecified atom stereocenters. The van der Waals surface area contributed by atoms with Crippen molar-refractivity contribution in [1.29, 1.82) is 0 Å². The normalized spacial score (nSPS) is 15.7. The topological polar surface area (TPSA) is 110 Å². The Morgan fingerprint density at radius 1 is 1.11 bits per heavy atom. The Hall–Kier alpha value is -3.92. The molecule has 1 aliphatic rings. The van der Waals surface area contributed by atoms with Gasteiger partial charge in [0.25, 0.3) is 5.91 Å². The van der Waals surface area contributed by atoms with E-state index in [0.29, 0.717) is 30.4 Å². The SMILES string of the molecule is Cn1c(Nc2ccc(Br)cc2)nc2cc(Oc3ccnc(C(=O)NC4CCCCNC4=O)c3)ccc21. The summed E-state index contributed by atoms with van der Waals surface area (Å²) in [5.74, 6) is 1.17. The molecule has 5 rings (SSSR count). The highest BCUT2D eigenvalue weighted by atomic mass is 79.9. The van der Waals surface area contributed by atoms with Crippen molar-refractivity contribution in [1.82, 2.24) is 25.2 Å². The molecular formula is C26H25BrN6O3. The molecule has 1 fully saturated rings. The maximum Gasteiger partial charge on any atom is 0.270 e. The third-order valence-electron chi connectivity index (χ3n) is 5.99. The van der Waals surface area contributed by atoms with Crippen LogP contribution < -0.4 is 20.7 Å². The van der Waals surface area contributed by atoms with E-state index in [4.69, 9.17) is 9.72 Å². The van der Waals surface area contributed by atoms with E-state index in [-0.39, 0.29) is 11.6 Å². The predicted octanol–water partition coefficient (Wildman–Crippen LogP) is 4.67. The summed E-state index contributed by atoms with van der Waals surface area (Å²) < 4.78 is 8.99. The van der Waals surface area contributed by atoms with Gasteiger partial charge < -0.3 is 25.3 Å². The number of halogens is 1. The first-order valence-corrected chi connectivity index (χ1v) is 12.5. The Balaban J connectivity index is 1.31. The van der Waals surface area contributed by atoms with Crippen LogP contribution in [0.25, 0.3) is 11.0 Å². The number of hydrogen-bond acceptors (Lipinski definition) is 6. The van der Waals surface area contributed by atoms with Gasteiger partial charge in [-0.1, -0.05) is 15.9 Å². The van der Waals surface area contributed by atoms with Crippen LogP contribution >= 0.6 is 15.9 Å². The van der Waals surface area contributed by atoms with E-state index in [1.807, 2.05) is 54.1 Å². The maximum absolute atomic E-state index is 12.7. The van der Waals surface area contributed by atoms with Gasteiger partial charge in [-0.3, -0.25) is 14.6 Å². The van der Waals surface area contributed by atoms with E-state index in [9.17, 15) is 9.59 Å².